The number of amides is 2. The number of urea groups is 1. The minimum atomic E-state index is -0.0957. The summed E-state index contributed by atoms with van der Waals surface area (Å²) < 4.78 is 1.15. The zero-order chi connectivity index (χ0) is 18.5. The summed E-state index contributed by atoms with van der Waals surface area (Å²) >= 11 is 1.63. The molecule has 3 aromatic rings. The number of hydrogen-bond donors (Lipinski definition) is 1. The van der Waals surface area contributed by atoms with Crippen molar-refractivity contribution in [1.82, 2.24) is 20.1 Å². The Labute approximate surface area is 158 Å². The van der Waals surface area contributed by atoms with Crippen molar-refractivity contribution in [2.45, 2.75) is 19.6 Å². The number of hydrogen-bond acceptors (Lipinski definition) is 4. The van der Waals surface area contributed by atoms with E-state index < -0.39 is 0 Å². The first-order valence-electron chi connectivity index (χ1n) is 8.57. The molecule has 2 aromatic carbocycles. The van der Waals surface area contributed by atoms with Crippen LogP contribution < -0.4 is 5.32 Å². The van der Waals surface area contributed by atoms with Crippen LogP contribution in [0.3, 0.4) is 0 Å². The Bertz CT molecular complexity index is 840. The molecule has 1 heterocycles. The van der Waals surface area contributed by atoms with Crippen LogP contribution in [0.1, 0.15) is 16.1 Å². The van der Waals surface area contributed by atoms with Crippen molar-refractivity contribution in [3.63, 3.8) is 0 Å². The van der Waals surface area contributed by atoms with Gasteiger partial charge in [-0.25, -0.2) is 9.78 Å². The number of fused-ring (bicyclic) bond motifs is 1. The number of carbonyl (C=O) groups excluding carboxylic acids is 1. The van der Waals surface area contributed by atoms with Crippen molar-refractivity contribution in [1.29, 1.82) is 0 Å². The Morgan fingerprint density at radius 2 is 1.69 bits per heavy atom. The molecular weight excluding hydrogens is 344 g/mol. The zero-order valence-electron chi connectivity index (χ0n) is 15.4. The minimum absolute atomic E-state index is 0.0957. The Hall–Kier alpha value is -2.44. The third kappa shape index (κ3) is 4.80. The molecule has 6 heteroatoms. The lowest BCUT2D eigenvalue weighted by Crippen LogP contribution is -2.36. The van der Waals surface area contributed by atoms with E-state index in [9.17, 15) is 4.79 Å². The fourth-order valence-electron chi connectivity index (χ4n) is 2.70. The molecule has 0 radical (unpaired) electrons. The molecule has 0 spiro atoms. The first-order chi connectivity index (χ1) is 12.5. The number of nitrogens with one attached hydrogen (secondary N) is 1. The Morgan fingerprint density at radius 1 is 1.00 bits per heavy atom. The van der Waals surface area contributed by atoms with E-state index >= 15 is 0 Å². The third-order valence-corrected chi connectivity index (χ3v) is 5.04. The van der Waals surface area contributed by atoms with Gasteiger partial charge in [-0.3, -0.25) is 0 Å². The normalized spacial score (nSPS) is 11.1. The van der Waals surface area contributed by atoms with Crippen molar-refractivity contribution in [3.05, 3.63) is 64.7 Å². The monoisotopic (exact) mass is 368 g/mol. The molecule has 0 atom stereocenters. The number of benzene rings is 2. The molecule has 5 nitrogen and oxygen atoms in total. The number of nitrogens with zero attached hydrogens (tertiary/aromatic N) is 3. The van der Waals surface area contributed by atoms with Crippen LogP contribution in [0.2, 0.25) is 0 Å². The van der Waals surface area contributed by atoms with Gasteiger partial charge in [-0.05, 0) is 37.4 Å². The molecular formula is C20H24N4OS. The second-order valence-electron chi connectivity index (χ2n) is 6.64. The zero-order valence-corrected chi connectivity index (χ0v) is 16.2. The van der Waals surface area contributed by atoms with E-state index in [2.05, 4.69) is 59.6 Å². The average Bonchev–Trinajstić information content (AvgIpc) is 3.02. The van der Waals surface area contributed by atoms with Gasteiger partial charge in [0.1, 0.15) is 5.01 Å². The third-order valence-electron chi connectivity index (χ3n) is 4.02. The number of thiazole rings is 1. The average molecular weight is 369 g/mol. The fourth-order valence-corrected chi connectivity index (χ4v) is 3.72. The fraction of sp³-hybridized carbons (Fsp3) is 0.300. The maximum absolute atomic E-state index is 12.3. The van der Waals surface area contributed by atoms with Gasteiger partial charge in [0.2, 0.25) is 0 Å². The minimum Gasteiger partial charge on any atom is -0.334 e. The van der Waals surface area contributed by atoms with Crippen molar-refractivity contribution < 1.29 is 4.79 Å². The molecule has 0 aliphatic carbocycles. The van der Waals surface area contributed by atoms with Gasteiger partial charge in [0.05, 0.1) is 16.8 Å². The number of rotatable bonds is 6. The maximum Gasteiger partial charge on any atom is 0.317 e. The van der Waals surface area contributed by atoms with Gasteiger partial charge in [-0.2, -0.15) is 0 Å². The first kappa shape index (κ1) is 18.4. The topological polar surface area (TPSA) is 48.5 Å². The van der Waals surface area contributed by atoms with Crippen molar-refractivity contribution >= 4 is 27.6 Å². The Balaban J connectivity index is 1.52. The van der Waals surface area contributed by atoms with E-state index in [0.717, 1.165) is 27.3 Å². The predicted octanol–water partition coefficient (Wildman–Crippen LogP) is 3.70. The molecule has 0 bridgehead atoms. The second-order valence-corrected chi connectivity index (χ2v) is 7.76. The van der Waals surface area contributed by atoms with Crippen LogP contribution in [0.5, 0.6) is 0 Å². The highest BCUT2D eigenvalue weighted by molar-refractivity contribution is 7.18. The lowest BCUT2D eigenvalue weighted by atomic mass is 10.1. The number of carbonyl (C=O) groups is 1. The molecule has 1 aromatic heterocycles. The molecule has 26 heavy (non-hydrogen) atoms. The smallest absolute Gasteiger partial charge is 0.317 e. The lowest BCUT2D eigenvalue weighted by Gasteiger charge is -2.17. The van der Waals surface area contributed by atoms with Crippen LogP contribution in [-0.4, -0.2) is 42.0 Å². The summed E-state index contributed by atoms with van der Waals surface area (Å²) in [6, 6.07) is 16.3. The molecule has 0 saturated heterocycles. The van der Waals surface area contributed by atoms with Gasteiger partial charge in [0.15, 0.2) is 0 Å². The van der Waals surface area contributed by atoms with Crippen LogP contribution >= 0.6 is 11.3 Å². The molecule has 3 rings (SSSR count). The Morgan fingerprint density at radius 3 is 2.38 bits per heavy atom. The molecule has 2 amide bonds. The predicted molar refractivity (Wildman–Crippen MR) is 107 cm³/mol. The summed E-state index contributed by atoms with van der Waals surface area (Å²) in [6.07, 6.45) is 0. The molecule has 0 unspecified atom stereocenters. The molecule has 0 fully saturated rings. The molecule has 136 valence electrons. The van der Waals surface area contributed by atoms with Gasteiger partial charge < -0.3 is 15.1 Å². The highest BCUT2D eigenvalue weighted by Gasteiger charge is 2.12. The first-order valence-corrected chi connectivity index (χ1v) is 9.39. The summed E-state index contributed by atoms with van der Waals surface area (Å²) in [5.74, 6) is 0. The summed E-state index contributed by atoms with van der Waals surface area (Å²) in [6.45, 7) is 1.94. The summed E-state index contributed by atoms with van der Waals surface area (Å²) in [7, 11) is 5.90. The lowest BCUT2D eigenvalue weighted by molar-refractivity contribution is 0.206. The van der Waals surface area contributed by atoms with Gasteiger partial charge in [-0.15, -0.1) is 11.3 Å². The van der Waals surface area contributed by atoms with Crippen LogP contribution in [0.4, 0.5) is 4.79 Å². The van der Waals surface area contributed by atoms with Gasteiger partial charge in [0, 0.05) is 20.1 Å². The highest BCUT2D eigenvalue weighted by Crippen LogP contribution is 2.22. The van der Waals surface area contributed by atoms with Crippen molar-refractivity contribution in [3.8, 4) is 0 Å². The Kier molecular flexibility index (Phi) is 5.85. The van der Waals surface area contributed by atoms with E-state index in [1.165, 1.54) is 5.56 Å². The SMILES string of the molecule is CN(C)Cc1ccc(CNC(=O)N(C)Cc2nc3ccccc3s2)cc1. The van der Waals surface area contributed by atoms with Gasteiger partial charge in [-0.1, -0.05) is 36.4 Å². The largest absolute Gasteiger partial charge is 0.334 e. The van der Waals surface area contributed by atoms with E-state index in [1.807, 2.05) is 18.2 Å². The number of para-hydroxylation sites is 1. The molecule has 0 saturated carbocycles. The number of aromatic nitrogens is 1. The summed E-state index contributed by atoms with van der Waals surface area (Å²) in [5, 5.41) is 3.91. The molecule has 0 aliphatic heterocycles. The van der Waals surface area contributed by atoms with E-state index in [1.54, 1.807) is 23.3 Å². The summed E-state index contributed by atoms with van der Waals surface area (Å²) in [5.41, 5.74) is 3.34. The van der Waals surface area contributed by atoms with Gasteiger partial charge in [0.25, 0.3) is 0 Å². The summed E-state index contributed by atoms with van der Waals surface area (Å²) in [4.78, 5) is 20.7. The maximum atomic E-state index is 12.3. The van der Waals surface area contributed by atoms with Crippen LogP contribution in [0, 0.1) is 0 Å². The van der Waals surface area contributed by atoms with Crippen molar-refractivity contribution in [2.24, 2.45) is 0 Å². The highest BCUT2D eigenvalue weighted by atomic mass is 32.1. The molecule has 1 N–H and O–H groups in total. The standard InChI is InChI=1S/C20H24N4OS/c1-23(2)13-16-10-8-15(9-11-16)12-21-20(25)24(3)14-19-22-17-6-4-5-7-18(17)26-19/h4-11H,12-14H2,1-3H3,(H,21,25). The van der Waals surface area contributed by atoms with E-state index in [0.29, 0.717) is 13.1 Å². The van der Waals surface area contributed by atoms with Crippen LogP contribution in [-0.2, 0) is 19.6 Å². The van der Waals surface area contributed by atoms with Gasteiger partial charge >= 0.3 is 6.03 Å². The molecule has 0 aliphatic rings. The van der Waals surface area contributed by atoms with Crippen molar-refractivity contribution in [2.75, 3.05) is 21.1 Å². The van der Waals surface area contributed by atoms with Crippen LogP contribution in [0.15, 0.2) is 48.5 Å². The second kappa shape index (κ2) is 8.29. The van der Waals surface area contributed by atoms with Crippen LogP contribution in [0.25, 0.3) is 10.2 Å². The van der Waals surface area contributed by atoms with E-state index in [4.69, 9.17) is 0 Å². The quantitative estimate of drug-likeness (QED) is 0.722. The van der Waals surface area contributed by atoms with E-state index in [-0.39, 0.29) is 6.03 Å².